The van der Waals surface area contributed by atoms with E-state index in [2.05, 4.69) is 41.2 Å². The number of carbonyl (C=O) groups excluding carboxylic acids is 2. The molecule has 1 saturated heterocycles. The van der Waals surface area contributed by atoms with Crippen LogP contribution in [-0.2, 0) is 16.0 Å². The molecule has 3 heterocycles. The smallest absolute Gasteiger partial charge is 0.336 e. The lowest BCUT2D eigenvalue weighted by molar-refractivity contribution is -0.133. The summed E-state index contributed by atoms with van der Waals surface area (Å²) in [5.41, 5.74) is 1.63. The van der Waals surface area contributed by atoms with E-state index in [9.17, 15) is 9.59 Å². The lowest BCUT2D eigenvalue weighted by Crippen LogP contribution is -2.37. The van der Waals surface area contributed by atoms with E-state index in [4.69, 9.17) is 30.3 Å². The monoisotopic (exact) mass is 510 g/mol. The number of hydrogen-bond donors (Lipinski definition) is 0. The summed E-state index contributed by atoms with van der Waals surface area (Å²) >= 11 is 6.24. The Morgan fingerprint density at radius 3 is 2.50 bits per heavy atom. The van der Waals surface area contributed by atoms with E-state index >= 15 is 0 Å². The molecule has 188 valence electrons. The van der Waals surface area contributed by atoms with Gasteiger partial charge in [0.2, 0.25) is 0 Å². The first kappa shape index (κ1) is 24.3. The highest BCUT2D eigenvalue weighted by Crippen LogP contribution is 2.46. The minimum Gasteiger partial charge on any atom is -0.475 e. The van der Waals surface area contributed by atoms with Crippen LogP contribution in [0.25, 0.3) is 11.0 Å². The van der Waals surface area contributed by atoms with Crippen LogP contribution in [0.5, 0.6) is 17.4 Å². The number of aromatic nitrogens is 1. The second kappa shape index (κ2) is 10.7. The second-order valence-corrected chi connectivity index (χ2v) is 9.66. The first-order valence-corrected chi connectivity index (χ1v) is 12.5. The van der Waals surface area contributed by atoms with Crippen LogP contribution in [0.15, 0.2) is 53.1 Å². The summed E-state index contributed by atoms with van der Waals surface area (Å²) in [6.45, 7) is 5.78. The van der Waals surface area contributed by atoms with Crippen LogP contribution >= 0.6 is 11.6 Å². The molecule has 0 saturated carbocycles. The van der Waals surface area contributed by atoms with Crippen molar-refractivity contribution in [1.29, 1.82) is 0 Å². The van der Waals surface area contributed by atoms with E-state index in [1.54, 1.807) is 0 Å². The summed E-state index contributed by atoms with van der Waals surface area (Å²) in [5.74, 6) is -0.626. The normalized spacial score (nSPS) is 18.6. The maximum atomic E-state index is 12.1. The Bertz CT molecular complexity index is 1280. The number of ether oxygens (including phenoxy) is 3. The predicted octanol–water partition coefficient (Wildman–Crippen LogP) is 4.83. The second-order valence-electron chi connectivity index (χ2n) is 9.26. The molecule has 1 unspecified atom stereocenters. The molecule has 9 heteroatoms. The molecule has 36 heavy (non-hydrogen) atoms. The van der Waals surface area contributed by atoms with Crippen molar-refractivity contribution in [3.8, 4) is 17.4 Å². The van der Waals surface area contributed by atoms with E-state index < -0.39 is 11.9 Å². The van der Waals surface area contributed by atoms with E-state index in [1.165, 1.54) is 11.6 Å². The molecule has 2 aromatic carbocycles. The molecule has 1 atom stereocenters. The molecule has 8 nitrogen and oxygen atoms in total. The van der Waals surface area contributed by atoms with Crippen LogP contribution in [0.4, 0.5) is 0 Å². The van der Waals surface area contributed by atoms with E-state index in [1.807, 2.05) is 6.07 Å². The van der Waals surface area contributed by atoms with Gasteiger partial charge in [0.15, 0.2) is 17.1 Å². The van der Waals surface area contributed by atoms with E-state index in [-0.39, 0.29) is 33.9 Å². The molecule has 2 aliphatic rings. The minimum atomic E-state index is -0.740. The summed E-state index contributed by atoms with van der Waals surface area (Å²) < 4.78 is 22.1. The first-order chi connectivity index (χ1) is 17.5. The first-order valence-electron chi connectivity index (χ1n) is 12.1. The van der Waals surface area contributed by atoms with Crippen molar-refractivity contribution < 1.29 is 28.3 Å². The van der Waals surface area contributed by atoms with Crippen molar-refractivity contribution in [2.24, 2.45) is 11.8 Å². The van der Waals surface area contributed by atoms with Gasteiger partial charge in [-0.1, -0.05) is 48.9 Å². The number of nitrogens with zero attached hydrogens (tertiary/aromatic N) is 2. The lowest BCUT2D eigenvalue weighted by atomic mass is 9.86. The number of likely N-dealkylation sites (tertiary alicyclic amines) is 1. The molecule has 1 aromatic heterocycles. The summed E-state index contributed by atoms with van der Waals surface area (Å²) in [6.07, 6.45) is 5.23. The Hall–Kier alpha value is -3.36. The van der Waals surface area contributed by atoms with Crippen LogP contribution in [0, 0.1) is 11.8 Å². The SMILES string of the molecule is CC(COc1noc2cc(Cl)c3c(c12)OC(=O)/C=C/C(=O)O3)C1CCN(CCc2ccccc2)CC1. The largest absolute Gasteiger partial charge is 0.475 e. The van der Waals surface area contributed by atoms with Crippen LogP contribution in [-0.4, -0.2) is 48.2 Å². The standard InChI is InChI=1S/C27H27ClN2O6/c1-17(19-10-13-30(14-11-19)12-9-18-5-3-2-4-6-18)16-33-27-24-21(36-29-27)15-20(28)25-26(24)35-23(32)8-7-22(31)34-25/h2-8,15,17,19H,9-14,16H2,1H3/b8-7+. The molecule has 0 bridgehead atoms. The van der Waals surface area contributed by atoms with Gasteiger partial charge in [-0.05, 0) is 54.9 Å². The topological polar surface area (TPSA) is 91.1 Å². The zero-order valence-corrected chi connectivity index (χ0v) is 20.7. The Morgan fingerprint density at radius 2 is 1.78 bits per heavy atom. The molecule has 0 spiro atoms. The number of benzene rings is 2. The van der Waals surface area contributed by atoms with Gasteiger partial charge in [-0.15, -0.1) is 0 Å². The number of carbonyl (C=O) groups is 2. The van der Waals surface area contributed by atoms with Gasteiger partial charge < -0.3 is 23.6 Å². The van der Waals surface area contributed by atoms with Gasteiger partial charge in [0, 0.05) is 24.8 Å². The highest BCUT2D eigenvalue weighted by Gasteiger charge is 2.29. The van der Waals surface area contributed by atoms with Crippen molar-refractivity contribution in [1.82, 2.24) is 10.1 Å². The number of hydrogen-bond acceptors (Lipinski definition) is 8. The number of fused-ring (bicyclic) bond motifs is 3. The van der Waals surface area contributed by atoms with Gasteiger partial charge in [0.25, 0.3) is 5.88 Å². The Morgan fingerprint density at radius 1 is 1.08 bits per heavy atom. The molecule has 0 aliphatic carbocycles. The Balaban J connectivity index is 1.22. The van der Waals surface area contributed by atoms with Crippen LogP contribution < -0.4 is 14.2 Å². The van der Waals surface area contributed by atoms with E-state index in [0.29, 0.717) is 17.9 Å². The number of halogens is 1. The van der Waals surface area contributed by atoms with Gasteiger partial charge in [0.1, 0.15) is 5.39 Å². The molecule has 0 N–H and O–H groups in total. The molecule has 0 radical (unpaired) electrons. The quantitative estimate of drug-likeness (QED) is 0.329. The average molecular weight is 511 g/mol. The third-order valence-electron chi connectivity index (χ3n) is 6.84. The van der Waals surface area contributed by atoms with Gasteiger partial charge in [-0.25, -0.2) is 9.59 Å². The summed E-state index contributed by atoms with van der Waals surface area (Å²) in [7, 11) is 0. The van der Waals surface area contributed by atoms with Crippen molar-refractivity contribution in [3.05, 3.63) is 59.1 Å². The third kappa shape index (κ3) is 5.39. The van der Waals surface area contributed by atoms with Gasteiger partial charge in [-0.2, -0.15) is 0 Å². The summed E-state index contributed by atoms with van der Waals surface area (Å²) in [4.78, 5) is 26.6. The van der Waals surface area contributed by atoms with Gasteiger partial charge >= 0.3 is 11.9 Å². The maximum absolute atomic E-state index is 12.1. The Kier molecular flexibility index (Phi) is 7.25. The summed E-state index contributed by atoms with van der Waals surface area (Å²) in [5, 5.41) is 4.37. The fourth-order valence-corrected chi connectivity index (χ4v) is 4.94. The minimum absolute atomic E-state index is 0.0455. The summed E-state index contributed by atoms with van der Waals surface area (Å²) in [6, 6.07) is 12.0. The zero-order valence-electron chi connectivity index (χ0n) is 19.9. The highest BCUT2D eigenvalue weighted by molar-refractivity contribution is 6.33. The zero-order chi connectivity index (χ0) is 25.1. The molecule has 5 rings (SSSR count). The number of piperidine rings is 1. The predicted molar refractivity (Wildman–Crippen MR) is 133 cm³/mol. The highest BCUT2D eigenvalue weighted by atomic mass is 35.5. The van der Waals surface area contributed by atoms with Gasteiger partial charge in [0.05, 0.1) is 11.6 Å². The molecule has 2 aliphatic heterocycles. The third-order valence-corrected chi connectivity index (χ3v) is 7.12. The number of esters is 2. The Labute approximate surface area is 213 Å². The van der Waals surface area contributed by atoms with Crippen molar-refractivity contribution in [2.45, 2.75) is 26.2 Å². The fraction of sp³-hybridized carbons (Fsp3) is 0.370. The van der Waals surface area contributed by atoms with Crippen LogP contribution in [0.1, 0.15) is 25.3 Å². The van der Waals surface area contributed by atoms with Crippen molar-refractivity contribution in [2.75, 3.05) is 26.2 Å². The van der Waals surface area contributed by atoms with Gasteiger partial charge in [-0.3, -0.25) is 0 Å². The van der Waals surface area contributed by atoms with Crippen LogP contribution in [0.2, 0.25) is 5.02 Å². The lowest BCUT2D eigenvalue weighted by Gasteiger charge is -2.34. The van der Waals surface area contributed by atoms with Crippen molar-refractivity contribution >= 4 is 34.5 Å². The molecule has 1 fully saturated rings. The molecule has 0 amide bonds. The number of rotatable bonds is 7. The van der Waals surface area contributed by atoms with E-state index in [0.717, 1.165) is 51.0 Å². The average Bonchev–Trinajstić information content (AvgIpc) is 3.29. The van der Waals surface area contributed by atoms with Crippen molar-refractivity contribution in [3.63, 3.8) is 0 Å². The van der Waals surface area contributed by atoms with Crippen LogP contribution in [0.3, 0.4) is 0 Å². The molecular formula is C27H27ClN2O6. The maximum Gasteiger partial charge on any atom is 0.336 e. The fourth-order valence-electron chi connectivity index (χ4n) is 4.72. The molecular weight excluding hydrogens is 484 g/mol. The molecule has 3 aromatic rings.